The molecule has 3 N–H and O–H groups in total. The lowest BCUT2D eigenvalue weighted by molar-refractivity contribution is -0.154. The normalized spacial score (nSPS) is 10.8. The Morgan fingerprint density at radius 1 is 0.565 bits per heavy atom. The minimum absolute atomic E-state index is 0.209. The summed E-state index contributed by atoms with van der Waals surface area (Å²) in [6.45, 7) is 0. The molecule has 0 aliphatic heterocycles. The Bertz CT molecular complexity index is 339. The molecule has 0 heterocycles. The van der Waals surface area contributed by atoms with Crippen LogP contribution in [0.4, 0.5) is 0 Å². The van der Waals surface area contributed by atoms with E-state index < -0.39 is 23.8 Å². The molecule has 0 saturated heterocycles. The molecule has 0 bridgehead atoms. The number of hydrogen-bond acceptors (Lipinski definition) is 3. The third kappa shape index (κ3) is 13.8. The summed E-state index contributed by atoms with van der Waals surface area (Å²) in [5.74, 6) is -4.49. The Kier molecular flexibility index (Phi) is 13.1. The Hall–Kier alpha value is -1.59. The molecule has 0 aromatic rings. The second kappa shape index (κ2) is 14.0. The van der Waals surface area contributed by atoms with Crippen LogP contribution in [0.15, 0.2) is 0 Å². The first-order chi connectivity index (χ1) is 10.9. The maximum absolute atomic E-state index is 10.7. The van der Waals surface area contributed by atoms with Crippen molar-refractivity contribution in [2.24, 2.45) is 5.92 Å². The summed E-state index contributed by atoms with van der Waals surface area (Å²) in [4.78, 5) is 31.7. The van der Waals surface area contributed by atoms with Gasteiger partial charge in [0.05, 0.1) is 0 Å². The lowest BCUT2D eigenvalue weighted by Gasteiger charge is -2.06. The predicted octanol–water partition coefficient (Wildman–Crippen LogP) is 3.93. The number of rotatable bonds is 16. The number of hydrogen-bond donors (Lipinski definition) is 3. The Balaban J connectivity index is 3.29. The Labute approximate surface area is 137 Å². The van der Waals surface area contributed by atoms with Crippen molar-refractivity contribution in [1.29, 1.82) is 0 Å². The van der Waals surface area contributed by atoms with E-state index in [-0.39, 0.29) is 12.8 Å². The minimum atomic E-state index is -1.27. The molecule has 0 unspecified atom stereocenters. The molecule has 134 valence electrons. The molecule has 0 saturated carbocycles. The first-order valence-corrected chi connectivity index (χ1v) is 8.62. The molecule has 0 spiro atoms. The summed E-state index contributed by atoms with van der Waals surface area (Å²) in [5.41, 5.74) is 0. The molecule has 0 radical (unpaired) electrons. The van der Waals surface area contributed by atoms with Gasteiger partial charge < -0.3 is 15.3 Å². The van der Waals surface area contributed by atoms with Gasteiger partial charge in [-0.05, 0) is 12.8 Å². The predicted molar refractivity (Wildman–Crippen MR) is 86.4 cm³/mol. The second-order valence-electron chi connectivity index (χ2n) is 6.05. The smallest absolute Gasteiger partial charge is 0.317 e. The van der Waals surface area contributed by atoms with Crippen molar-refractivity contribution in [3.05, 3.63) is 0 Å². The maximum Gasteiger partial charge on any atom is 0.317 e. The summed E-state index contributed by atoms with van der Waals surface area (Å²) >= 11 is 0. The molecule has 0 rings (SSSR count). The van der Waals surface area contributed by atoms with Gasteiger partial charge in [-0.1, -0.05) is 64.2 Å². The van der Waals surface area contributed by atoms with Crippen LogP contribution < -0.4 is 0 Å². The molecule has 0 aromatic carbocycles. The summed E-state index contributed by atoms with van der Waals surface area (Å²) in [7, 11) is 0. The monoisotopic (exact) mass is 330 g/mol. The fourth-order valence-corrected chi connectivity index (χ4v) is 2.57. The molecule has 6 nitrogen and oxygen atoms in total. The Morgan fingerprint density at radius 3 is 1.26 bits per heavy atom. The van der Waals surface area contributed by atoms with Gasteiger partial charge in [0.1, 0.15) is 0 Å². The van der Waals surface area contributed by atoms with E-state index in [1.54, 1.807) is 0 Å². The highest BCUT2D eigenvalue weighted by Crippen LogP contribution is 2.15. The number of carboxylic acid groups (broad SMARTS) is 3. The topological polar surface area (TPSA) is 112 Å². The Morgan fingerprint density at radius 2 is 0.913 bits per heavy atom. The highest BCUT2D eigenvalue weighted by atomic mass is 16.4. The van der Waals surface area contributed by atoms with Crippen LogP contribution in [0.3, 0.4) is 0 Å². The van der Waals surface area contributed by atoms with Crippen molar-refractivity contribution in [1.82, 2.24) is 0 Å². The third-order valence-electron chi connectivity index (χ3n) is 3.98. The first kappa shape index (κ1) is 21.4. The van der Waals surface area contributed by atoms with E-state index in [9.17, 15) is 14.4 Å². The van der Waals surface area contributed by atoms with Crippen LogP contribution >= 0.6 is 0 Å². The lowest BCUT2D eigenvalue weighted by atomic mass is 10.00. The number of carboxylic acids is 3. The van der Waals surface area contributed by atoms with E-state index in [0.717, 1.165) is 51.4 Å². The molecule has 0 aromatic heterocycles. The average molecular weight is 330 g/mol. The van der Waals surface area contributed by atoms with Gasteiger partial charge in [-0.15, -0.1) is 0 Å². The molecule has 0 aliphatic rings. The van der Waals surface area contributed by atoms with E-state index in [1.807, 2.05) is 0 Å². The van der Waals surface area contributed by atoms with Gasteiger partial charge in [0.15, 0.2) is 5.92 Å². The van der Waals surface area contributed by atoms with Gasteiger partial charge in [0, 0.05) is 6.42 Å². The molecule has 0 aliphatic carbocycles. The van der Waals surface area contributed by atoms with E-state index in [0.29, 0.717) is 6.42 Å². The largest absolute Gasteiger partial charge is 0.481 e. The zero-order valence-electron chi connectivity index (χ0n) is 13.8. The summed E-state index contributed by atoms with van der Waals surface area (Å²) < 4.78 is 0. The average Bonchev–Trinajstić information content (AvgIpc) is 2.46. The van der Waals surface area contributed by atoms with Crippen molar-refractivity contribution in [3.8, 4) is 0 Å². The van der Waals surface area contributed by atoms with Crippen LogP contribution in [0.1, 0.15) is 83.5 Å². The van der Waals surface area contributed by atoms with Gasteiger partial charge in [0.2, 0.25) is 0 Å². The highest BCUT2D eigenvalue weighted by Gasteiger charge is 2.24. The summed E-state index contributed by atoms with van der Waals surface area (Å²) in [6.07, 6.45) is 11.6. The lowest BCUT2D eigenvalue weighted by Crippen LogP contribution is -2.23. The number of unbranched alkanes of at least 4 members (excludes halogenated alkanes) is 10. The maximum atomic E-state index is 10.7. The quantitative estimate of drug-likeness (QED) is 0.292. The molecular weight excluding hydrogens is 300 g/mol. The zero-order valence-corrected chi connectivity index (χ0v) is 13.8. The minimum Gasteiger partial charge on any atom is -0.481 e. The van der Waals surface area contributed by atoms with Crippen molar-refractivity contribution in [2.75, 3.05) is 0 Å². The van der Waals surface area contributed by atoms with Crippen LogP contribution in [-0.4, -0.2) is 33.2 Å². The number of carbonyl (C=O) groups is 3. The third-order valence-corrected chi connectivity index (χ3v) is 3.98. The van der Waals surface area contributed by atoms with Gasteiger partial charge >= 0.3 is 17.9 Å². The molecule has 23 heavy (non-hydrogen) atoms. The van der Waals surface area contributed by atoms with Crippen molar-refractivity contribution >= 4 is 17.9 Å². The van der Waals surface area contributed by atoms with Crippen molar-refractivity contribution in [3.63, 3.8) is 0 Å². The molecular formula is C17H30O6. The van der Waals surface area contributed by atoms with E-state index in [1.165, 1.54) is 12.8 Å². The van der Waals surface area contributed by atoms with Gasteiger partial charge in [-0.2, -0.15) is 0 Å². The zero-order chi connectivity index (χ0) is 17.5. The van der Waals surface area contributed by atoms with Crippen LogP contribution in [0.2, 0.25) is 0 Å². The highest BCUT2D eigenvalue weighted by molar-refractivity contribution is 5.92. The van der Waals surface area contributed by atoms with Crippen molar-refractivity contribution < 1.29 is 29.7 Å². The molecule has 0 amide bonds. The summed E-state index contributed by atoms with van der Waals surface area (Å²) in [5, 5.41) is 26.0. The van der Waals surface area contributed by atoms with Gasteiger partial charge in [0.25, 0.3) is 0 Å². The van der Waals surface area contributed by atoms with Crippen molar-refractivity contribution in [2.45, 2.75) is 83.5 Å². The van der Waals surface area contributed by atoms with Crippen LogP contribution in [0.25, 0.3) is 0 Å². The fraction of sp³-hybridized carbons (Fsp3) is 0.824. The molecule has 6 heteroatoms. The number of aliphatic carboxylic acids is 3. The SMILES string of the molecule is O=C(O)CCCCCCCCCCCCCC(C(=O)O)C(=O)O. The van der Waals surface area contributed by atoms with E-state index >= 15 is 0 Å². The van der Waals surface area contributed by atoms with Gasteiger partial charge in [-0.3, -0.25) is 14.4 Å². The fourth-order valence-electron chi connectivity index (χ4n) is 2.57. The van der Waals surface area contributed by atoms with E-state index in [2.05, 4.69) is 0 Å². The van der Waals surface area contributed by atoms with Crippen LogP contribution in [0.5, 0.6) is 0 Å². The molecule has 0 fully saturated rings. The van der Waals surface area contributed by atoms with Gasteiger partial charge in [-0.25, -0.2) is 0 Å². The van der Waals surface area contributed by atoms with Crippen LogP contribution in [-0.2, 0) is 14.4 Å². The standard InChI is InChI=1S/C17H30O6/c18-15(19)13-11-9-7-5-3-1-2-4-6-8-10-12-14(16(20)21)17(22)23/h14H,1-13H2,(H,18,19)(H,20,21)(H,22,23). The first-order valence-electron chi connectivity index (χ1n) is 8.62. The van der Waals surface area contributed by atoms with Crippen LogP contribution in [0, 0.1) is 5.92 Å². The summed E-state index contributed by atoms with van der Waals surface area (Å²) in [6, 6.07) is 0. The molecule has 0 atom stereocenters. The second-order valence-corrected chi connectivity index (χ2v) is 6.05. The van der Waals surface area contributed by atoms with E-state index in [4.69, 9.17) is 15.3 Å².